The maximum Gasteiger partial charge on any atom is 0.264 e. The molecule has 0 aromatic heterocycles. The Labute approximate surface area is 127 Å². The van der Waals surface area contributed by atoms with Gasteiger partial charge in [0.05, 0.1) is 5.69 Å². The number of fused-ring (bicyclic) bond motifs is 1. The van der Waals surface area contributed by atoms with Crippen LogP contribution in [-0.2, 0) is 4.79 Å². The number of carbonyl (C=O) groups is 2. The molecule has 0 spiro atoms. The molecular formula is C17H14FNO3. The number of halogens is 1. The normalized spacial score (nSPS) is 13.7. The Kier molecular flexibility index (Phi) is 3.87. The Balaban J connectivity index is 1.77. The van der Waals surface area contributed by atoms with Gasteiger partial charge < -0.3 is 9.64 Å². The van der Waals surface area contributed by atoms with Gasteiger partial charge in [-0.2, -0.15) is 0 Å². The lowest BCUT2D eigenvalue weighted by Gasteiger charge is -2.28. The third-order valence-corrected chi connectivity index (χ3v) is 3.52. The zero-order valence-corrected chi connectivity index (χ0v) is 11.8. The van der Waals surface area contributed by atoms with Crippen molar-refractivity contribution in [2.45, 2.75) is 6.42 Å². The molecule has 0 unspecified atom stereocenters. The van der Waals surface area contributed by atoms with E-state index in [2.05, 4.69) is 0 Å². The second kappa shape index (κ2) is 5.97. The van der Waals surface area contributed by atoms with Crippen LogP contribution in [0.4, 0.5) is 10.1 Å². The summed E-state index contributed by atoms with van der Waals surface area (Å²) in [5, 5.41) is 0. The van der Waals surface area contributed by atoms with Crippen LogP contribution in [0.15, 0.2) is 48.5 Å². The fourth-order valence-corrected chi connectivity index (χ4v) is 2.43. The van der Waals surface area contributed by atoms with Crippen LogP contribution < -0.4 is 9.64 Å². The summed E-state index contributed by atoms with van der Waals surface area (Å²) in [6.45, 7) is 0.156. The second-order valence-electron chi connectivity index (χ2n) is 4.98. The molecule has 1 heterocycles. The first-order chi connectivity index (χ1) is 10.6. The molecule has 0 atom stereocenters. The minimum Gasteiger partial charge on any atom is -0.484 e. The van der Waals surface area contributed by atoms with E-state index in [9.17, 15) is 14.0 Å². The quantitative estimate of drug-likeness (QED) is 0.875. The lowest BCUT2D eigenvalue weighted by Crippen LogP contribution is -2.40. The number of Topliss-reactive ketones (excluding diaryl/α,β-unsaturated/α-hetero) is 1. The number of rotatable bonds is 3. The first-order valence-corrected chi connectivity index (χ1v) is 6.96. The number of para-hydroxylation sites is 1. The van der Waals surface area contributed by atoms with Gasteiger partial charge in [-0.1, -0.05) is 18.2 Å². The third-order valence-electron chi connectivity index (χ3n) is 3.52. The first kappa shape index (κ1) is 14.3. The van der Waals surface area contributed by atoms with E-state index in [0.29, 0.717) is 11.4 Å². The summed E-state index contributed by atoms with van der Waals surface area (Å²) < 4.78 is 18.7. The summed E-state index contributed by atoms with van der Waals surface area (Å²) in [6, 6.07) is 12.9. The lowest BCUT2D eigenvalue weighted by atomic mass is 10.00. The molecule has 5 heteroatoms. The van der Waals surface area contributed by atoms with Crippen LogP contribution >= 0.6 is 0 Å². The Hall–Kier alpha value is -2.69. The van der Waals surface area contributed by atoms with Crippen molar-refractivity contribution >= 4 is 17.4 Å². The SMILES string of the molecule is O=C1CCN(C(=O)COc2ccccc2)c2ccc(F)cc21. The molecule has 0 bridgehead atoms. The first-order valence-electron chi connectivity index (χ1n) is 6.96. The number of ether oxygens (including phenoxy) is 1. The highest BCUT2D eigenvalue weighted by Crippen LogP contribution is 2.28. The molecule has 2 aromatic rings. The minimum atomic E-state index is -0.484. The van der Waals surface area contributed by atoms with Gasteiger partial charge in [0.25, 0.3) is 5.91 Å². The second-order valence-corrected chi connectivity index (χ2v) is 4.98. The topological polar surface area (TPSA) is 46.6 Å². The van der Waals surface area contributed by atoms with Crippen molar-refractivity contribution in [2.24, 2.45) is 0 Å². The average Bonchev–Trinajstić information content (AvgIpc) is 2.54. The van der Waals surface area contributed by atoms with Gasteiger partial charge in [-0.05, 0) is 30.3 Å². The van der Waals surface area contributed by atoms with Gasteiger partial charge in [0.15, 0.2) is 12.4 Å². The lowest BCUT2D eigenvalue weighted by molar-refractivity contribution is -0.120. The van der Waals surface area contributed by atoms with Crippen molar-refractivity contribution in [3.8, 4) is 5.75 Å². The largest absolute Gasteiger partial charge is 0.484 e. The summed E-state index contributed by atoms with van der Waals surface area (Å²) in [7, 11) is 0. The third kappa shape index (κ3) is 2.83. The van der Waals surface area contributed by atoms with Crippen molar-refractivity contribution in [1.82, 2.24) is 0 Å². The van der Waals surface area contributed by atoms with Crippen LogP contribution in [0, 0.1) is 5.82 Å². The molecule has 22 heavy (non-hydrogen) atoms. The Morgan fingerprint density at radius 3 is 2.73 bits per heavy atom. The van der Waals surface area contributed by atoms with Crippen molar-refractivity contribution in [1.29, 1.82) is 0 Å². The number of carbonyl (C=O) groups excluding carboxylic acids is 2. The molecule has 1 aliphatic rings. The maximum atomic E-state index is 13.3. The predicted octanol–water partition coefficient (Wildman–Crippen LogP) is 2.82. The molecule has 3 rings (SSSR count). The van der Waals surface area contributed by atoms with Crippen molar-refractivity contribution < 1.29 is 18.7 Å². The number of hydrogen-bond donors (Lipinski definition) is 0. The molecule has 0 radical (unpaired) electrons. The van der Waals surface area contributed by atoms with Gasteiger partial charge in [-0.3, -0.25) is 9.59 Å². The highest BCUT2D eigenvalue weighted by atomic mass is 19.1. The molecule has 1 aliphatic heterocycles. The van der Waals surface area contributed by atoms with Crippen molar-refractivity contribution in [2.75, 3.05) is 18.1 Å². The van der Waals surface area contributed by atoms with Gasteiger partial charge in [0.1, 0.15) is 11.6 Å². The Morgan fingerprint density at radius 2 is 1.95 bits per heavy atom. The van der Waals surface area contributed by atoms with E-state index < -0.39 is 5.82 Å². The van der Waals surface area contributed by atoms with Crippen LogP contribution in [0.25, 0.3) is 0 Å². The van der Waals surface area contributed by atoms with E-state index in [1.54, 1.807) is 12.1 Å². The van der Waals surface area contributed by atoms with E-state index in [1.165, 1.54) is 23.1 Å². The molecule has 0 saturated heterocycles. The van der Waals surface area contributed by atoms with Crippen LogP contribution in [0.1, 0.15) is 16.8 Å². The zero-order valence-electron chi connectivity index (χ0n) is 11.8. The number of nitrogens with zero attached hydrogens (tertiary/aromatic N) is 1. The zero-order chi connectivity index (χ0) is 15.5. The standard InChI is InChI=1S/C17H14FNO3/c18-12-6-7-15-14(10-12)16(20)8-9-19(15)17(21)11-22-13-4-2-1-3-5-13/h1-7,10H,8-9,11H2. The van der Waals surface area contributed by atoms with E-state index >= 15 is 0 Å². The Bertz CT molecular complexity index is 715. The number of amides is 1. The van der Waals surface area contributed by atoms with Crippen LogP contribution in [-0.4, -0.2) is 24.8 Å². The van der Waals surface area contributed by atoms with Crippen molar-refractivity contribution in [3.05, 3.63) is 59.9 Å². The molecule has 0 saturated carbocycles. The highest BCUT2D eigenvalue weighted by Gasteiger charge is 2.27. The molecule has 0 N–H and O–H groups in total. The molecular weight excluding hydrogens is 285 g/mol. The number of anilines is 1. The highest BCUT2D eigenvalue weighted by molar-refractivity contribution is 6.09. The van der Waals surface area contributed by atoms with Gasteiger partial charge in [-0.25, -0.2) is 4.39 Å². The van der Waals surface area contributed by atoms with Crippen LogP contribution in [0.3, 0.4) is 0 Å². The number of ketones is 1. The van der Waals surface area contributed by atoms with Gasteiger partial charge >= 0.3 is 0 Å². The number of hydrogen-bond acceptors (Lipinski definition) is 3. The minimum absolute atomic E-state index is 0.130. The molecule has 2 aromatic carbocycles. The van der Waals surface area contributed by atoms with Crippen LogP contribution in [0.2, 0.25) is 0 Å². The predicted molar refractivity (Wildman–Crippen MR) is 79.6 cm³/mol. The van der Waals surface area contributed by atoms with Gasteiger partial charge in [0, 0.05) is 18.5 Å². The van der Waals surface area contributed by atoms with E-state index in [-0.39, 0.29) is 36.8 Å². The summed E-state index contributed by atoms with van der Waals surface area (Å²) in [5.74, 6) is -0.295. The molecule has 1 amide bonds. The van der Waals surface area contributed by atoms with E-state index in [4.69, 9.17) is 4.74 Å². The molecule has 0 aliphatic carbocycles. The van der Waals surface area contributed by atoms with Gasteiger partial charge in [-0.15, -0.1) is 0 Å². The summed E-state index contributed by atoms with van der Waals surface area (Å²) in [5.41, 5.74) is 0.693. The van der Waals surface area contributed by atoms with Crippen LogP contribution in [0.5, 0.6) is 5.75 Å². The monoisotopic (exact) mass is 299 g/mol. The fraction of sp³-hybridized carbons (Fsp3) is 0.176. The summed E-state index contributed by atoms with van der Waals surface area (Å²) in [6.07, 6.45) is 0.188. The molecule has 0 fully saturated rings. The van der Waals surface area contributed by atoms with E-state index in [1.807, 2.05) is 18.2 Å². The number of benzene rings is 2. The van der Waals surface area contributed by atoms with Gasteiger partial charge in [0.2, 0.25) is 0 Å². The smallest absolute Gasteiger partial charge is 0.264 e. The Morgan fingerprint density at radius 1 is 1.18 bits per heavy atom. The maximum absolute atomic E-state index is 13.3. The fourth-order valence-electron chi connectivity index (χ4n) is 2.43. The summed E-state index contributed by atoms with van der Waals surface area (Å²) >= 11 is 0. The van der Waals surface area contributed by atoms with E-state index in [0.717, 1.165) is 0 Å². The van der Waals surface area contributed by atoms with Crippen molar-refractivity contribution in [3.63, 3.8) is 0 Å². The average molecular weight is 299 g/mol. The molecule has 4 nitrogen and oxygen atoms in total. The molecule has 112 valence electrons. The summed E-state index contributed by atoms with van der Waals surface area (Å²) in [4.78, 5) is 25.6.